The third-order valence-electron chi connectivity index (χ3n) is 7.32. The first-order valence-electron chi connectivity index (χ1n) is 11.2. The Morgan fingerprint density at radius 3 is 2.29 bits per heavy atom. The van der Waals surface area contributed by atoms with E-state index in [2.05, 4.69) is 27.7 Å². The van der Waals surface area contributed by atoms with E-state index < -0.39 is 0 Å². The number of hydrogen-bond donors (Lipinski definition) is 1. The van der Waals surface area contributed by atoms with Gasteiger partial charge in [0.05, 0.1) is 5.41 Å². The van der Waals surface area contributed by atoms with E-state index in [1.54, 1.807) is 12.1 Å². The van der Waals surface area contributed by atoms with Gasteiger partial charge in [-0.15, -0.1) is 0 Å². The Hall–Kier alpha value is -1.51. The SMILES string of the molecule is CCC(C)(C)C(=O)OC1(CC)CC2CCC1C2.CCC(C)c1ccc(O)cc1. The molecule has 0 heterocycles. The minimum atomic E-state index is -0.329. The first-order valence-corrected chi connectivity index (χ1v) is 11.2. The van der Waals surface area contributed by atoms with E-state index in [0.29, 0.717) is 17.6 Å². The molecule has 2 saturated carbocycles. The smallest absolute Gasteiger partial charge is 0.312 e. The van der Waals surface area contributed by atoms with Crippen molar-refractivity contribution >= 4 is 5.97 Å². The van der Waals surface area contributed by atoms with Crippen LogP contribution < -0.4 is 0 Å². The highest BCUT2D eigenvalue weighted by atomic mass is 16.6. The maximum atomic E-state index is 12.3. The summed E-state index contributed by atoms with van der Waals surface area (Å²) < 4.78 is 6.00. The zero-order chi connectivity index (χ0) is 20.9. The molecule has 0 aliphatic heterocycles. The van der Waals surface area contributed by atoms with Crippen molar-refractivity contribution in [2.24, 2.45) is 17.3 Å². The van der Waals surface area contributed by atoms with Crippen molar-refractivity contribution in [1.82, 2.24) is 0 Å². The zero-order valence-corrected chi connectivity index (χ0v) is 18.8. The van der Waals surface area contributed by atoms with Crippen LogP contribution in [0.25, 0.3) is 0 Å². The summed E-state index contributed by atoms with van der Waals surface area (Å²) in [6, 6.07) is 7.43. The Morgan fingerprint density at radius 2 is 1.86 bits per heavy atom. The Labute approximate surface area is 171 Å². The molecule has 2 bridgehead atoms. The van der Waals surface area contributed by atoms with Crippen LogP contribution in [0.2, 0.25) is 0 Å². The van der Waals surface area contributed by atoms with Gasteiger partial charge >= 0.3 is 5.97 Å². The van der Waals surface area contributed by atoms with E-state index in [-0.39, 0.29) is 17.0 Å². The minimum Gasteiger partial charge on any atom is -0.508 e. The molecule has 4 atom stereocenters. The third-order valence-corrected chi connectivity index (χ3v) is 7.32. The van der Waals surface area contributed by atoms with Crippen molar-refractivity contribution in [3.63, 3.8) is 0 Å². The molecule has 0 spiro atoms. The van der Waals surface area contributed by atoms with Crippen LogP contribution in [-0.2, 0) is 9.53 Å². The molecule has 3 rings (SSSR count). The normalized spacial score (nSPS) is 27.1. The lowest BCUT2D eigenvalue weighted by atomic mass is 9.81. The molecule has 1 aromatic rings. The number of ether oxygens (including phenoxy) is 1. The van der Waals surface area contributed by atoms with Crippen LogP contribution in [0.4, 0.5) is 0 Å². The quantitative estimate of drug-likeness (QED) is 0.543. The lowest BCUT2D eigenvalue weighted by Crippen LogP contribution is -2.43. The number of hydrogen-bond acceptors (Lipinski definition) is 3. The fourth-order valence-corrected chi connectivity index (χ4v) is 4.53. The van der Waals surface area contributed by atoms with E-state index in [9.17, 15) is 4.79 Å². The van der Waals surface area contributed by atoms with Crippen molar-refractivity contribution in [1.29, 1.82) is 0 Å². The van der Waals surface area contributed by atoms with Gasteiger partial charge in [-0.05, 0) is 94.2 Å². The predicted molar refractivity (Wildman–Crippen MR) is 115 cm³/mol. The average molecular weight is 389 g/mol. The van der Waals surface area contributed by atoms with Crippen molar-refractivity contribution in [2.45, 2.75) is 98.0 Å². The molecule has 1 aromatic carbocycles. The molecule has 0 radical (unpaired) electrons. The molecule has 4 unspecified atom stereocenters. The van der Waals surface area contributed by atoms with Gasteiger partial charge in [-0.2, -0.15) is 0 Å². The number of aromatic hydroxyl groups is 1. The first kappa shape index (κ1) is 22.8. The van der Waals surface area contributed by atoms with Crippen LogP contribution in [0.5, 0.6) is 5.75 Å². The Bertz CT molecular complexity index is 634. The van der Waals surface area contributed by atoms with Gasteiger partial charge < -0.3 is 9.84 Å². The summed E-state index contributed by atoms with van der Waals surface area (Å²) >= 11 is 0. The molecule has 0 amide bonds. The van der Waals surface area contributed by atoms with Crippen LogP contribution in [-0.4, -0.2) is 16.7 Å². The molecule has 2 aliphatic carbocycles. The van der Waals surface area contributed by atoms with Gasteiger partial charge in [-0.3, -0.25) is 4.79 Å². The van der Waals surface area contributed by atoms with E-state index in [0.717, 1.165) is 31.6 Å². The fourth-order valence-electron chi connectivity index (χ4n) is 4.53. The van der Waals surface area contributed by atoms with E-state index in [1.807, 2.05) is 26.0 Å². The van der Waals surface area contributed by atoms with Crippen LogP contribution in [0, 0.1) is 17.3 Å². The second kappa shape index (κ2) is 9.33. The molecular formula is C25H40O3. The highest BCUT2D eigenvalue weighted by Gasteiger charge is 2.53. The van der Waals surface area contributed by atoms with E-state index in [1.165, 1.54) is 24.8 Å². The maximum absolute atomic E-state index is 12.3. The van der Waals surface area contributed by atoms with Gasteiger partial charge in [0.15, 0.2) is 0 Å². The molecule has 28 heavy (non-hydrogen) atoms. The summed E-state index contributed by atoms with van der Waals surface area (Å²) in [5.41, 5.74) is 0.849. The van der Waals surface area contributed by atoms with Crippen LogP contribution in [0.3, 0.4) is 0 Å². The summed E-state index contributed by atoms with van der Waals surface area (Å²) in [7, 11) is 0. The number of carbonyl (C=O) groups excluding carboxylic acids is 1. The van der Waals surface area contributed by atoms with Crippen molar-refractivity contribution in [2.75, 3.05) is 0 Å². The highest BCUT2D eigenvalue weighted by Crippen LogP contribution is 2.54. The van der Waals surface area contributed by atoms with Crippen molar-refractivity contribution in [3.8, 4) is 5.75 Å². The topological polar surface area (TPSA) is 46.5 Å². The largest absolute Gasteiger partial charge is 0.508 e. The average Bonchev–Trinajstić information content (AvgIpc) is 3.30. The van der Waals surface area contributed by atoms with Crippen molar-refractivity contribution < 1.29 is 14.6 Å². The zero-order valence-electron chi connectivity index (χ0n) is 18.8. The standard InChI is InChI=1S/C15H26O2.C10H14O/c1-5-14(3,4)13(16)17-15(6-2)10-11-7-8-12(15)9-11;1-3-8(2)9-4-6-10(11)7-5-9/h11-12H,5-10H2,1-4H3;4-8,11H,3H2,1-2H3. The summed E-state index contributed by atoms with van der Waals surface area (Å²) in [6.07, 6.45) is 7.98. The van der Waals surface area contributed by atoms with Crippen LogP contribution in [0.1, 0.15) is 98.0 Å². The van der Waals surface area contributed by atoms with Crippen LogP contribution >= 0.6 is 0 Å². The molecule has 0 saturated heterocycles. The molecule has 3 nitrogen and oxygen atoms in total. The Morgan fingerprint density at radius 1 is 1.21 bits per heavy atom. The maximum Gasteiger partial charge on any atom is 0.312 e. The molecule has 2 fully saturated rings. The fraction of sp³-hybridized carbons (Fsp3) is 0.720. The highest BCUT2D eigenvalue weighted by molar-refractivity contribution is 5.76. The van der Waals surface area contributed by atoms with Crippen LogP contribution in [0.15, 0.2) is 24.3 Å². The second-order valence-corrected chi connectivity index (χ2v) is 9.53. The number of phenolic OH excluding ortho intramolecular Hbond substituents is 1. The minimum absolute atomic E-state index is 0.00870. The van der Waals surface area contributed by atoms with Gasteiger partial charge in [-0.25, -0.2) is 0 Å². The molecular weight excluding hydrogens is 348 g/mol. The molecule has 0 aromatic heterocycles. The Kier molecular flexibility index (Phi) is 7.59. The first-order chi connectivity index (χ1) is 13.2. The van der Waals surface area contributed by atoms with Gasteiger partial charge in [0, 0.05) is 0 Å². The molecule has 2 aliphatic rings. The van der Waals surface area contributed by atoms with Gasteiger partial charge in [0.1, 0.15) is 11.4 Å². The van der Waals surface area contributed by atoms with E-state index >= 15 is 0 Å². The number of esters is 1. The Balaban J connectivity index is 0.000000221. The number of fused-ring (bicyclic) bond motifs is 2. The number of rotatable bonds is 6. The molecule has 1 N–H and O–H groups in total. The van der Waals surface area contributed by atoms with Gasteiger partial charge in [0.25, 0.3) is 0 Å². The summed E-state index contributed by atoms with van der Waals surface area (Å²) in [6.45, 7) is 12.6. The lowest BCUT2D eigenvalue weighted by molar-refractivity contribution is -0.177. The monoisotopic (exact) mass is 388 g/mol. The molecule has 158 valence electrons. The number of phenols is 1. The lowest BCUT2D eigenvalue weighted by Gasteiger charge is -2.38. The van der Waals surface area contributed by atoms with Gasteiger partial charge in [0.2, 0.25) is 0 Å². The number of benzene rings is 1. The predicted octanol–water partition coefficient (Wildman–Crippen LogP) is 6.84. The second-order valence-electron chi connectivity index (χ2n) is 9.53. The van der Waals surface area contributed by atoms with E-state index in [4.69, 9.17) is 9.84 Å². The summed E-state index contributed by atoms with van der Waals surface area (Å²) in [5, 5.41) is 9.01. The summed E-state index contributed by atoms with van der Waals surface area (Å²) in [5.74, 6) is 2.40. The third kappa shape index (κ3) is 5.10. The van der Waals surface area contributed by atoms with Crippen molar-refractivity contribution in [3.05, 3.63) is 29.8 Å². The molecule has 3 heteroatoms. The number of carbonyl (C=O) groups is 1. The van der Waals surface area contributed by atoms with Gasteiger partial charge in [-0.1, -0.05) is 39.8 Å². The summed E-state index contributed by atoms with van der Waals surface area (Å²) in [4.78, 5) is 12.3.